The maximum absolute atomic E-state index is 5.95. The van der Waals surface area contributed by atoms with Gasteiger partial charge in [-0.05, 0) is 6.07 Å². The van der Waals surface area contributed by atoms with Crippen molar-refractivity contribution in [2.24, 2.45) is 0 Å². The topological polar surface area (TPSA) is 71.3 Å². The molecule has 84 valence electrons. The smallest absolute Gasteiger partial charge is 0.169 e. The minimum atomic E-state index is 0.600. The summed E-state index contributed by atoms with van der Waals surface area (Å²) in [5, 5.41) is 9.17. The van der Waals surface area contributed by atoms with Crippen molar-refractivity contribution in [3.63, 3.8) is 0 Å². The molecule has 15 heavy (non-hydrogen) atoms. The van der Waals surface area contributed by atoms with E-state index < -0.39 is 0 Å². The van der Waals surface area contributed by atoms with E-state index in [1.54, 1.807) is 7.11 Å². The van der Waals surface area contributed by atoms with Crippen LogP contribution in [0, 0.1) is 0 Å². The van der Waals surface area contributed by atoms with E-state index in [0.717, 1.165) is 17.1 Å². The van der Waals surface area contributed by atoms with Crippen LogP contribution in [0.25, 0.3) is 0 Å². The second-order valence-electron chi connectivity index (χ2n) is 3.04. The number of nitrogen functional groups attached to an aromatic ring is 1. The standard InChI is InChI=1S/C10H18N4O/c1-12-6-5-7(13-2)9(14-3)10(15-4)8(6)11/h5,12-14H,11H2,1-4H3. The molecule has 1 aromatic rings. The zero-order valence-electron chi connectivity index (χ0n) is 9.56. The molecule has 0 aliphatic rings. The molecule has 1 aromatic carbocycles. The van der Waals surface area contributed by atoms with Gasteiger partial charge in [0.1, 0.15) is 5.69 Å². The number of methoxy groups -OCH3 is 1. The van der Waals surface area contributed by atoms with Gasteiger partial charge in [-0.15, -0.1) is 0 Å². The monoisotopic (exact) mass is 210 g/mol. The normalized spacial score (nSPS) is 9.60. The fourth-order valence-corrected chi connectivity index (χ4v) is 1.54. The van der Waals surface area contributed by atoms with E-state index in [4.69, 9.17) is 10.5 Å². The zero-order chi connectivity index (χ0) is 11.4. The highest BCUT2D eigenvalue weighted by atomic mass is 16.5. The third kappa shape index (κ3) is 1.86. The van der Waals surface area contributed by atoms with Crippen LogP contribution >= 0.6 is 0 Å². The quantitative estimate of drug-likeness (QED) is 0.565. The van der Waals surface area contributed by atoms with Crippen molar-refractivity contribution in [2.75, 3.05) is 49.9 Å². The molecule has 0 saturated carbocycles. The van der Waals surface area contributed by atoms with Crippen LogP contribution in [0.1, 0.15) is 0 Å². The molecular formula is C10H18N4O. The van der Waals surface area contributed by atoms with E-state index in [0.29, 0.717) is 11.4 Å². The number of benzene rings is 1. The Hall–Kier alpha value is -1.78. The Morgan fingerprint density at radius 3 is 2.07 bits per heavy atom. The Morgan fingerprint density at radius 1 is 1.07 bits per heavy atom. The van der Waals surface area contributed by atoms with Crippen molar-refractivity contribution in [1.82, 2.24) is 0 Å². The lowest BCUT2D eigenvalue weighted by molar-refractivity contribution is 0.419. The second-order valence-corrected chi connectivity index (χ2v) is 3.04. The molecule has 0 radical (unpaired) electrons. The molecule has 0 atom stereocenters. The lowest BCUT2D eigenvalue weighted by Crippen LogP contribution is -2.05. The molecule has 5 nitrogen and oxygen atoms in total. The van der Waals surface area contributed by atoms with Gasteiger partial charge in [0, 0.05) is 21.1 Å². The Labute approximate surface area is 90.0 Å². The van der Waals surface area contributed by atoms with Gasteiger partial charge >= 0.3 is 0 Å². The van der Waals surface area contributed by atoms with Crippen LogP contribution in [0.3, 0.4) is 0 Å². The largest absolute Gasteiger partial charge is 0.492 e. The fourth-order valence-electron chi connectivity index (χ4n) is 1.54. The molecule has 0 bridgehead atoms. The van der Waals surface area contributed by atoms with Gasteiger partial charge in [0.15, 0.2) is 5.75 Å². The van der Waals surface area contributed by atoms with Gasteiger partial charge in [-0.2, -0.15) is 0 Å². The fraction of sp³-hybridized carbons (Fsp3) is 0.400. The lowest BCUT2D eigenvalue weighted by Gasteiger charge is -2.18. The molecule has 0 amide bonds. The van der Waals surface area contributed by atoms with E-state index in [1.165, 1.54) is 0 Å². The molecule has 0 heterocycles. The summed E-state index contributed by atoms with van der Waals surface area (Å²) >= 11 is 0. The molecule has 0 unspecified atom stereocenters. The Kier molecular flexibility index (Phi) is 3.49. The zero-order valence-corrected chi connectivity index (χ0v) is 9.56. The van der Waals surface area contributed by atoms with E-state index >= 15 is 0 Å². The van der Waals surface area contributed by atoms with Gasteiger partial charge in [-0.1, -0.05) is 0 Å². The Bertz CT molecular complexity index is 352. The predicted molar refractivity (Wildman–Crippen MR) is 66.0 cm³/mol. The Balaban J connectivity index is 3.43. The van der Waals surface area contributed by atoms with Crippen LogP contribution < -0.4 is 26.4 Å². The first kappa shape index (κ1) is 11.3. The predicted octanol–water partition coefficient (Wildman–Crippen LogP) is 1.40. The SMILES string of the molecule is CNc1cc(NC)c(NC)c(OC)c1N. The first-order valence-electron chi connectivity index (χ1n) is 4.73. The van der Waals surface area contributed by atoms with Gasteiger partial charge in [-0.3, -0.25) is 0 Å². The molecule has 5 heteroatoms. The summed E-state index contributed by atoms with van der Waals surface area (Å²) < 4.78 is 5.28. The number of hydrogen-bond donors (Lipinski definition) is 4. The molecule has 1 rings (SSSR count). The van der Waals surface area contributed by atoms with Crippen molar-refractivity contribution >= 4 is 22.7 Å². The number of hydrogen-bond acceptors (Lipinski definition) is 5. The summed E-state index contributed by atoms with van der Waals surface area (Å²) in [5.74, 6) is 0.647. The Morgan fingerprint density at radius 2 is 1.67 bits per heavy atom. The van der Waals surface area contributed by atoms with Crippen LogP contribution in [0.5, 0.6) is 5.75 Å². The third-order valence-corrected chi connectivity index (χ3v) is 2.31. The van der Waals surface area contributed by atoms with Gasteiger partial charge in [0.2, 0.25) is 0 Å². The molecule has 0 saturated heterocycles. The number of rotatable bonds is 4. The van der Waals surface area contributed by atoms with Crippen molar-refractivity contribution in [3.8, 4) is 5.75 Å². The van der Waals surface area contributed by atoms with Gasteiger partial charge in [0.25, 0.3) is 0 Å². The molecule has 0 aromatic heterocycles. The van der Waals surface area contributed by atoms with E-state index in [2.05, 4.69) is 16.0 Å². The molecular weight excluding hydrogens is 192 g/mol. The van der Waals surface area contributed by atoms with Crippen molar-refractivity contribution in [3.05, 3.63) is 6.07 Å². The van der Waals surface area contributed by atoms with Gasteiger partial charge in [-0.25, -0.2) is 0 Å². The molecule has 0 fully saturated rings. The first-order chi connectivity index (χ1) is 7.19. The van der Waals surface area contributed by atoms with Crippen LogP contribution in [-0.2, 0) is 0 Å². The number of anilines is 4. The second kappa shape index (κ2) is 4.63. The van der Waals surface area contributed by atoms with Gasteiger partial charge < -0.3 is 26.4 Å². The van der Waals surface area contributed by atoms with E-state index in [-0.39, 0.29) is 0 Å². The maximum Gasteiger partial charge on any atom is 0.169 e. The lowest BCUT2D eigenvalue weighted by atomic mass is 10.1. The molecule has 0 aliphatic carbocycles. The molecule has 0 spiro atoms. The molecule has 5 N–H and O–H groups in total. The van der Waals surface area contributed by atoms with Crippen molar-refractivity contribution in [2.45, 2.75) is 0 Å². The van der Waals surface area contributed by atoms with Crippen LogP contribution in [0.15, 0.2) is 6.07 Å². The van der Waals surface area contributed by atoms with E-state index in [9.17, 15) is 0 Å². The number of nitrogens with one attached hydrogen (secondary N) is 3. The highest BCUT2D eigenvalue weighted by Gasteiger charge is 2.14. The minimum absolute atomic E-state index is 0.600. The van der Waals surface area contributed by atoms with Crippen molar-refractivity contribution < 1.29 is 4.74 Å². The summed E-state index contributed by atoms with van der Waals surface area (Å²) in [6.07, 6.45) is 0. The highest BCUT2D eigenvalue weighted by Crippen LogP contribution is 2.42. The summed E-state index contributed by atoms with van der Waals surface area (Å²) in [5.41, 5.74) is 9.19. The summed E-state index contributed by atoms with van der Waals surface area (Å²) in [6.45, 7) is 0. The van der Waals surface area contributed by atoms with Gasteiger partial charge in [0.05, 0.1) is 24.2 Å². The maximum atomic E-state index is 5.95. The average Bonchev–Trinajstić information content (AvgIpc) is 2.28. The average molecular weight is 210 g/mol. The van der Waals surface area contributed by atoms with Crippen LogP contribution in [0.4, 0.5) is 22.7 Å². The summed E-state index contributed by atoms with van der Waals surface area (Å²) in [6, 6.07) is 1.93. The van der Waals surface area contributed by atoms with E-state index in [1.807, 2.05) is 27.2 Å². The number of ether oxygens (including phenoxy) is 1. The highest BCUT2D eigenvalue weighted by molar-refractivity contribution is 5.90. The van der Waals surface area contributed by atoms with Crippen LogP contribution in [-0.4, -0.2) is 28.3 Å². The summed E-state index contributed by atoms with van der Waals surface area (Å²) in [4.78, 5) is 0. The summed E-state index contributed by atoms with van der Waals surface area (Å²) in [7, 11) is 7.11. The van der Waals surface area contributed by atoms with Crippen LogP contribution in [0.2, 0.25) is 0 Å². The first-order valence-corrected chi connectivity index (χ1v) is 4.73. The van der Waals surface area contributed by atoms with Crippen molar-refractivity contribution in [1.29, 1.82) is 0 Å². The molecule has 0 aliphatic heterocycles. The minimum Gasteiger partial charge on any atom is -0.492 e. The third-order valence-electron chi connectivity index (χ3n) is 2.31. The number of nitrogens with two attached hydrogens (primary N) is 1.